The van der Waals surface area contributed by atoms with Gasteiger partial charge in [0.1, 0.15) is 6.61 Å². The lowest BCUT2D eigenvalue weighted by Gasteiger charge is -2.32. The van der Waals surface area contributed by atoms with Crippen molar-refractivity contribution in [1.82, 2.24) is 0 Å². The highest BCUT2D eigenvalue weighted by molar-refractivity contribution is 5.72. The second-order valence-corrected chi connectivity index (χ2v) is 8.85. The standard InChI is InChI=1S/C26H39N2O2/c1-8-21-10-13-28-24(17-29)22(11-14-30-7)15-20(6)26(28)25(21)23(19(4)5)16-27-12-9-18(2)3/h8-10,12-13,19,22-24,29H,1,6,11,14-17H2,2-5,7H3/q+1/b27-12-. The molecule has 2 rings (SSSR count). The fraction of sp³-hybridized carbons (Fsp3) is 0.538. The molecule has 0 amide bonds. The van der Waals surface area contributed by atoms with E-state index in [-0.39, 0.29) is 18.6 Å². The SMILES string of the molecule is C=Cc1cc[n+]2c(c1C(C/N=C\C=C(C)C)C(C)C)C(=C)CC(CCOC)C2CO. The van der Waals surface area contributed by atoms with Crippen LogP contribution in [0, 0.1) is 11.8 Å². The molecule has 0 aliphatic carbocycles. The Kier molecular flexibility index (Phi) is 9.19. The molecule has 0 fully saturated rings. The number of methoxy groups -OCH3 is 1. The molecule has 1 aliphatic rings. The fourth-order valence-electron chi connectivity index (χ4n) is 4.41. The quantitative estimate of drug-likeness (QED) is 0.435. The van der Waals surface area contributed by atoms with Crippen molar-refractivity contribution >= 4 is 17.9 Å². The first-order chi connectivity index (χ1) is 14.3. The summed E-state index contributed by atoms with van der Waals surface area (Å²) in [6.07, 6.45) is 9.75. The van der Waals surface area contributed by atoms with Crippen LogP contribution in [0.25, 0.3) is 11.6 Å². The summed E-state index contributed by atoms with van der Waals surface area (Å²) in [4.78, 5) is 4.71. The van der Waals surface area contributed by atoms with Gasteiger partial charge in [-0.15, -0.1) is 0 Å². The van der Waals surface area contributed by atoms with Gasteiger partial charge in [-0.2, -0.15) is 4.57 Å². The van der Waals surface area contributed by atoms with Crippen molar-refractivity contribution in [3.05, 3.63) is 53.9 Å². The molecule has 3 atom stereocenters. The maximum atomic E-state index is 10.2. The van der Waals surface area contributed by atoms with Gasteiger partial charge >= 0.3 is 0 Å². The van der Waals surface area contributed by atoms with E-state index in [2.05, 4.69) is 57.7 Å². The molecule has 0 bridgehead atoms. The number of pyridine rings is 1. The van der Waals surface area contributed by atoms with Crippen molar-refractivity contribution in [2.24, 2.45) is 16.8 Å². The number of ether oxygens (including phenoxy) is 1. The molecule has 1 aromatic heterocycles. The molecule has 164 valence electrons. The van der Waals surface area contributed by atoms with Gasteiger partial charge in [0.2, 0.25) is 5.69 Å². The van der Waals surface area contributed by atoms with Crippen LogP contribution in [0.15, 0.2) is 42.1 Å². The van der Waals surface area contributed by atoms with E-state index >= 15 is 0 Å². The van der Waals surface area contributed by atoms with Crippen molar-refractivity contribution < 1.29 is 14.4 Å². The van der Waals surface area contributed by atoms with Crippen molar-refractivity contribution in [2.75, 3.05) is 26.9 Å². The highest BCUT2D eigenvalue weighted by atomic mass is 16.5. The third kappa shape index (κ3) is 5.55. The largest absolute Gasteiger partial charge is 0.389 e. The summed E-state index contributed by atoms with van der Waals surface area (Å²) in [5, 5.41) is 10.2. The first kappa shape index (κ1) is 24.2. The van der Waals surface area contributed by atoms with Gasteiger partial charge < -0.3 is 9.84 Å². The number of hydrogen-bond acceptors (Lipinski definition) is 3. The number of hydrogen-bond donors (Lipinski definition) is 1. The van der Waals surface area contributed by atoms with Gasteiger partial charge in [0.05, 0.1) is 0 Å². The van der Waals surface area contributed by atoms with E-state index in [4.69, 9.17) is 9.73 Å². The van der Waals surface area contributed by atoms with Crippen LogP contribution in [-0.4, -0.2) is 38.2 Å². The van der Waals surface area contributed by atoms with Crippen molar-refractivity contribution in [1.29, 1.82) is 0 Å². The Labute approximate surface area is 182 Å². The van der Waals surface area contributed by atoms with E-state index in [0.29, 0.717) is 25.0 Å². The number of aliphatic hydroxyl groups is 1. The predicted molar refractivity (Wildman–Crippen MR) is 127 cm³/mol. The minimum atomic E-state index is 0.0280. The van der Waals surface area contributed by atoms with Crippen LogP contribution in [-0.2, 0) is 4.74 Å². The topological polar surface area (TPSA) is 45.7 Å². The van der Waals surface area contributed by atoms with Gasteiger partial charge in [0, 0.05) is 55.5 Å². The van der Waals surface area contributed by atoms with Crippen LogP contribution in [0.2, 0.25) is 0 Å². The molecule has 2 heterocycles. The molecular weight excluding hydrogens is 372 g/mol. The van der Waals surface area contributed by atoms with Gasteiger partial charge in [0.25, 0.3) is 0 Å². The Hall–Kier alpha value is -2.04. The molecule has 3 unspecified atom stereocenters. The summed E-state index contributed by atoms with van der Waals surface area (Å²) < 4.78 is 7.55. The number of rotatable bonds is 10. The third-order valence-electron chi connectivity index (χ3n) is 6.07. The van der Waals surface area contributed by atoms with Crippen LogP contribution in [0.3, 0.4) is 0 Å². The Balaban J connectivity index is 2.56. The van der Waals surface area contributed by atoms with E-state index < -0.39 is 0 Å². The van der Waals surface area contributed by atoms with Crippen molar-refractivity contribution in [3.8, 4) is 0 Å². The van der Waals surface area contributed by atoms with Crippen LogP contribution in [0.5, 0.6) is 0 Å². The van der Waals surface area contributed by atoms with Crippen LogP contribution < -0.4 is 4.57 Å². The molecule has 0 saturated carbocycles. The van der Waals surface area contributed by atoms with Gasteiger partial charge in [-0.3, -0.25) is 4.99 Å². The summed E-state index contributed by atoms with van der Waals surface area (Å²) >= 11 is 0. The Morgan fingerprint density at radius 1 is 1.40 bits per heavy atom. The summed E-state index contributed by atoms with van der Waals surface area (Å²) in [6.45, 7) is 18.7. The molecule has 4 nitrogen and oxygen atoms in total. The molecule has 1 N–H and O–H groups in total. The summed E-state index contributed by atoms with van der Waals surface area (Å²) in [7, 11) is 1.73. The molecule has 1 aromatic rings. The van der Waals surface area contributed by atoms with Crippen molar-refractivity contribution in [3.63, 3.8) is 0 Å². The first-order valence-corrected chi connectivity index (χ1v) is 11.0. The Morgan fingerprint density at radius 3 is 2.70 bits per heavy atom. The molecule has 30 heavy (non-hydrogen) atoms. The van der Waals surface area contributed by atoms with Gasteiger partial charge in [-0.1, -0.05) is 38.7 Å². The van der Waals surface area contributed by atoms with E-state index in [1.807, 2.05) is 18.4 Å². The van der Waals surface area contributed by atoms with Crippen molar-refractivity contribution in [2.45, 2.75) is 52.5 Å². The smallest absolute Gasteiger partial charge is 0.212 e. The first-order valence-electron chi connectivity index (χ1n) is 11.0. The lowest BCUT2D eigenvalue weighted by atomic mass is 9.78. The average Bonchev–Trinajstić information content (AvgIpc) is 2.71. The second-order valence-electron chi connectivity index (χ2n) is 8.85. The van der Waals surface area contributed by atoms with Crippen LogP contribution >= 0.6 is 0 Å². The number of allylic oxidation sites excluding steroid dienone is 3. The second kappa shape index (κ2) is 11.4. The molecule has 0 spiro atoms. The maximum absolute atomic E-state index is 10.2. The van der Waals surface area contributed by atoms with E-state index in [9.17, 15) is 5.11 Å². The van der Waals surface area contributed by atoms with Gasteiger partial charge in [0.15, 0.2) is 12.2 Å². The van der Waals surface area contributed by atoms with Crippen LogP contribution in [0.1, 0.15) is 69.3 Å². The molecular formula is C26H39N2O2+. The fourth-order valence-corrected chi connectivity index (χ4v) is 4.41. The third-order valence-corrected chi connectivity index (χ3v) is 6.07. The average molecular weight is 412 g/mol. The highest BCUT2D eigenvalue weighted by Gasteiger charge is 2.41. The number of aromatic nitrogens is 1. The van der Waals surface area contributed by atoms with E-state index in [0.717, 1.165) is 29.7 Å². The number of aliphatic imine (C=N–C) groups is 1. The zero-order chi connectivity index (χ0) is 22.3. The minimum absolute atomic E-state index is 0.0280. The van der Waals surface area contributed by atoms with Gasteiger partial charge in [-0.25, -0.2) is 0 Å². The predicted octanol–water partition coefficient (Wildman–Crippen LogP) is 5.00. The Bertz CT molecular complexity index is 803. The monoisotopic (exact) mass is 411 g/mol. The van der Waals surface area contributed by atoms with Gasteiger partial charge in [-0.05, 0) is 44.2 Å². The zero-order valence-corrected chi connectivity index (χ0v) is 19.4. The normalized spacial score (nSPS) is 19.8. The molecule has 4 heteroatoms. The lowest BCUT2D eigenvalue weighted by Crippen LogP contribution is -2.52. The molecule has 0 saturated heterocycles. The maximum Gasteiger partial charge on any atom is 0.212 e. The number of aliphatic hydroxyl groups excluding tert-OH is 1. The summed E-state index contributed by atoms with van der Waals surface area (Å²) in [5.74, 6) is 0.968. The number of fused-ring (bicyclic) bond motifs is 1. The van der Waals surface area contributed by atoms with Crippen LogP contribution in [0.4, 0.5) is 0 Å². The van der Waals surface area contributed by atoms with E-state index in [1.165, 1.54) is 11.1 Å². The summed E-state index contributed by atoms with van der Waals surface area (Å²) in [5.41, 5.74) is 5.89. The summed E-state index contributed by atoms with van der Waals surface area (Å²) in [6, 6.07) is 2.15. The molecule has 0 radical (unpaired) electrons. The van der Waals surface area contributed by atoms with E-state index in [1.54, 1.807) is 7.11 Å². The molecule has 1 aliphatic heterocycles. The molecule has 0 aromatic carbocycles. The highest BCUT2D eigenvalue weighted by Crippen LogP contribution is 2.39. The zero-order valence-electron chi connectivity index (χ0n) is 19.4. The lowest BCUT2D eigenvalue weighted by molar-refractivity contribution is -0.737. The number of nitrogens with zero attached hydrogens (tertiary/aromatic N) is 2. The minimum Gasteiger partial charge on any atom is -0.389 e. The Morgan fingerprint density at radius 2 is 2.13 bits per heavy atom.